The zero-order valence-corrected chi connectivity index (χ0v) is 15.6. The summed E-state index contributed by atoms with van der Waals surface area (Å²) in [5, 5.41) is 1.93. The topological polar surface area (TPSA) is 65.2 Å². The van der Waals surface area contributed by atoms with Crippen molar-refractivity contribution in [2.75, 3.05) is 7.11 Å². The Labute approximate surface area is 143 Å². The van der Waals surface area contributed by atoms with E-state index < -0.39 is 15.8 Å². The number of nitrogens with two attached hydrogens (primary N) is 1. The van der Waals surface area contributed by atoms with Gasteiger partial charge in [-0.05, 0) is 0 Å². The molecule has 1 aromatic carbocycles. The number of amides is 1. The van der Waals surface area contributed by atoms with Gasteiger partial charge in [0.25, 0.3) is 0 Å². The summed E-state index contributed by atoms with van der Waals surface area (Å²) in [7, 11) is 1.69. The number of fused-ring (bicyclic) bond motifs is 1. The van der Waals surface area contributed by atoms with Gasteiger partial charge in [0, 0.05) is 0 Å². The van der Waals surface area contributed by atoms with Gasteiger partial charge in [0.1, 0.15) is 0 Å². The van der Waals surface area contributed by atoms with Gasteiger partial charge in [0.05, 0.1) is 0 Å². The van der Waals surface area contributed by atoms with E-state index in [-0.39, 0.29) is 11.3 Å². The van der Waals surface area contributed by atoms with Gasteiger partial charge in [0.2, 0.25) is 0 Å². The van der Waals surface area contributed by atoms with Crippen molar-refractivity contribution in [3.05, 3.63) is 30.3 Å². The van der Waals surface area contributed by atoms with Crippen LogP contribution >= 0.6 is 0 Å². The summed E-state index contributed by atoms with van der Waals surface area (Å²) in [5.74, 6) is 0.750. The first kappa shape index (κ1) is 16.3. The van der Waals surface area contributed by atoms with Gasteiger partial charge in [0.15, 0.2) is 0 Å². The van der Waals surface area contributed by atoms with Gasteiger partial charge < -0.3 is 0 Å². The van der Waals surface area contributed by atoms with Gasteiger partial charge >= 0.3 is 143 Å². The fourth-order valence-corrected chi connectivity index (χ4v) is 6.51. The van der Waals surface area contributed by atoms with Gasteiger partial charge in [-0.2, -0.15) is 0 Å². The van der Waals surface area contributed by atoms with Crippen LogP contribution in [0.1, 0.15) is 32.1 Å². The van der Waals surface area contributed by atoms with Crippen LogP contribution in [0.2, 0.25) is 5.21 Å². The summed E-state index contributed by atoms with van der Waals surface area (Å²) in [6.45, 7) is 0. The molecule has 1 aliphatic carbocycles. The number of methoxy groups -OCH3 is 1. The van der Waals surface area contributed by atoms with Crippen molar-refractivity contribution < 1.29 is 9.53 Å². The number of hydrogen-bond donors (Lipinski definition) is 1. The van der Waals surface area contributed by atoms with Crippen LogP contribution in [0, 0.1) is 5.41 Å². The Morgan fingerprint density at radius 3 is 2.74 bits per heavy atom. The Morgan fingerprint density at radius 1 is 1.30 bits per heavy atom. The third kappa shape index (κ3) is 3.37. The molecule has 2 N–H and O–H groups in total. The van der Waals surface area contributed by atoms with Crippen molar-refractivity contribution in [3.8, 4) is 5.75 Å². The van der Waals surface area contributed by atoms with Crippen molar-refractivity contribution in [1.29, 1.82) is 0 Å². The third-order valence-electron chi connectivity index (χ3n) is 4.84. The normalized spacial score (nSPS) is 17.6. The molecule has 1 amide bonds. The van der Waals surface area contributed by atoms with Crippen LogP contribution in [0.15, 0.2) is 30.3 Å². The molecule has 1 atom stereocenters. The van der Waals surface area contributed by atoms with E-state index in [0.717, 1.165) is 52.0 Å². The Bertz CT molecular complexity index is 711. The SMILES string of the molecule is COc1cc([AsH]CC2(C(N)=O)CCCCC2)nc2ccccc12. The maximum absolute atomic E-state index is 12.0. The molecular formula is C18H23AsN2O2. The predicted molar refractivity (Wildman–Crippen MR) is 94.6 cm³/mol. The van der Waals surface area contributed by atoms with E-state index in [1.54, 1.807) is 7.11 Å². The minimum absolute atomic E-state index is 0.117. The molecule has 23 heavy (non-hydrogen) atoms. The molecule has 4 nitrogen and oxygen atoms in total. The first-order valence-corrected chi connectivity index (χ1v) is 10.7. The first-order valence-electron chi connectivity index (χ1n) is 8.12. The van der Waals surface area contributed by atoms with Gasteiger partial charge in [-0.1, -0.05) is 0 Å². The summed E-state index contributed by atoms with van der Waals surface area (Å²) in [5.41, 5.74) is 6.42. The summed E-state index contributed by atoms with van der Waals surface area (Å²) < 4.78 is 6.61. The van der Waals surface area contributed by atoms with Crippen molar-refractivity contribution >= 4 is 37.0 Å². The molecule has 5 heteroatoms. The van der Waals surface area contributed by atoms with Crippen LogP contribution in [0.25, 0.3) is 10.9 Å². The maximum atomic E-state index is 12.0. The van der Waals surface area contributed by atoms with E-state index in [0.29, 0.717) is 0 Å². The van der Waals surface area contributed by atoms with Crippen molar-refractivity contribution in [2.45, 2.75) is 37.3 Å². The number of ether oxygens (including phenoxy) is 1. The van der Waals surface area contributed by atoms with Gasteiger partial charge in [-0.3, -0.25) is 0 Å². The Balaban J connectivity index is 1.85. The van der Waals surface area contributed by atoms with Crippen molar-refractivity contribution in [1.82, 2.24) is 4.98 Å². The number of benzene rings is 1. The molecular weight excluding hydrogens is 351 g/mol. The molecule has 3 rings (SSSR count). The Kier molecular flexibility index (Phi) is 4.91. The van der Waals surface area contributed by atoms with Crippen molar-refractivity contribution in [3.63, 3.8) is 0 Å². The second-order valence-electron chi connectivity index (χ2n) is 6.29. The average molecular weight is 374 g/mol. The number of primary amides is 1. The Hall–Kier alpha value is -1.54. The molecule has 0 spiro atoms. The van der Waals surface area contributed by atoms with Crippen molar-refractivity contribution in [2.24, 2.45) is 11.1 Å². The van der Waals surface area contributed by atoms with E-state index in [1.165, 1.54) is 6.42 Å². The summed E-state index contributed by atoms with van der Waals surface area (Å²) in [6, 6.07) is 10.1. The van der Waals surface area contributed by atoms with E-state index in [2.05, 4.69) is 0 Å². The van der Waals surface area contributed by atoms with E-state index >= 15 is 0 Å². The molecule has 1 heterocycles. The quantitative estimate of drug-likeness (QED) is 0.816. The second-order valence-corrected chi connectivity index (χ2v) is 8.84. The molecule has 1 aromatic heterocycles. The molecule has 122 valence electrons. The number of carbonyl (C=O) groups excluding carboxylic acids is 1. The molecule has 0 saturated heterocycles. The monoisotopic (exact) mass is 374 g/mol. The van der Waals surface area contributed by atoms with Gasteiger partial charge in [-0.25, -0.2) is 0 Å². The van der Waals surface area contributed by atoms with E-state index in [1.807, 2.05) is 30.3 Å². The molecule has 1 aliphatic rings. The molecule has 1 unspecified atom stereocenters. The van der Waals surface area contributed by atoms with Crippen LogP contribution in [-0.4, -0.2) is 33.8 Å². The van der Waals surface area contributed by atoms with Gasteiger partial charge in [-0.15, -0.1) is 0 Å². The number of para-hydroxylation sites is 1. The predicted octanol–water partition coefficient (Wildman–Crippen LogP) is 2.16. The number of hydrogen-bond acceptors (Lipinski definition) is 3. The van der Waals surface area contributed by atoms with Crippen LogP contribution in [0.4, 0.5) is 0 Å². The standard InChI is InChI=1S/C18H23AsN2O2/c1-23-15-11-16(21-14-8-4-3-7-13(14)15)19-12-18(17(20)22)9-5-2-6-10-18/h3-4,7-8,11,19H,2,5-6,9-10,12H2,1H3,(H2,20,22). The number of nitrogens with zero attached hydrogens (tertiary/aromatic N) is 1. The zero-order valence-electron chi connectivity index (χ0n) is 13.5. The van der Waals surface area contributed by atoms with Crippen LogP contribution in [0.3, 0.4) is 0 Å². The minimum atomic E-state index is -0.525. The molecule has 1 saturated carbocycles. The average Bonchev–Trinajstić information content (AvgIpc) is 2.60. The number of aromatic nitrogens is 1. The Morgan fingerprint density at radius 2 is 2.04 bits per heavy atom. The van der Waals surface area contributed by atoms with Crippen LogP contribution < -0.4 is 15.0 Å². The number of carbonyl (C=O) groups is 1. The first-order chi connectivity index (χ1) is 11.1. The number of rotatable bonds is 5. The van der Waals surface area contributed by atoms with E-state index in [4.69, 9.17) is 15.5 Å². The summed E-state index contributed by atoms with van der Waals surface area (Å²) >= 11 is -0.525. The molecule has 0 bridgehead atoms. The summed E-state index contributed by atoms with van der Waals surface area (Å²) in [6.07, 6.45) is 5.33. The molecule has 2 aromatic rings. The van der Waals surface area contributed by atoms with Crippen LogP contribution in [0.5, 0.6) is 5.75 Å². The van der Waals surface area contributed by atoms with E-state index in [9.17, 15) is 4.79 Å². The zero-order chi connectivity index (χ0) is 16.3. The second kappa shape index (κ2) is 6.92. The number of pyridine rings is 1. The third-order valence-corrected chi connectivity index (χ3v) is 7.93. The fourth-order valence-electron chi connectivity index (χ4n) is 3.40. The molecule has 1 fully saturated rings. The molecule has 0 aliphatic heterocycles. The van der Waals surface area contributed by atoms with Crippen LogP contribution in [-0.2, 0) is 4.79 Å². The molecule has 0 radical (unpaired) electrons. The summed E-state index contributed by atoms with van der Waals surface area (Å²) in [4.78, 5) is 16.8. The fraction of sp³-hybridized carbons (Fsp3) is 0.444.